The van der Waals surface area contributed by atoms with Crippen molar-refractivity contribution in [2.24, 2.45) is 5.10 Å². The summed E-state index contributed by atoms with van der Waals surface area (Å²) in [6.07, 6.45) is 0.948. The number of thiazole rings is 1. The van der Waals surface area contributed by atoms with E-state index in [1.807, 2.05) is 30.5 Å². The summed E-state index contributed by atoms with van der Waals surface area (Å²) >= 11 is 1.57. The van der Waals surface area contributed by atoms with Gasteiger partial charge in [0.05, 0.1) is 5.69 Å². The number of aromatic nitrogens is 1. The minimum Gasteiger partial charge on any atom is -0.253 e. The van der Waals surface area contributed by atoms with Gasteiger partial charge in [-0.1, -0.05) is 37.3 Å². The number of hydrogen-bond donors (Lipinski definition) is 1. The summed E-state index contributed by atoms with van der Waals surface area (Å²) in [6.45, 7) is 4.08. The van der Waals surface area contributed by atoms with Gasteiger partial charge in [0.25, 0.3) is 0 Å². The number of hydrogen-bond acceptors (Lipinski definition) is 4. The highest BCUT2D eigenvalue weighted by atomic mass is 32.1. The molecule has 0 unspecified atom stereocenters. The maximum Gasteiger partial charge on any atom is 0.203 e. The van der Waals surface area contributed by atoms with Crippen molar-refractivity contribution in [3.63, 3.8) is 0 Å². The van der Waals surface area contributed by atoms with Crippen molar-refractivity contribution in [3.05, 3.63) is 35.7 Å². The van der Waals surface area contributed by atoms with Crippen LogP contribution in [0.5, 0.6) is 0 Å². The van der Waals surface area contributed by atoms with Crippen molar-refractivity contribution in [2.75, 3.05) is 5.43 Å². The Morgan fingerprint density at radius 1 is 1.35 bits per heavy atom. The Balaban J connectivity index is 2.12. The van der Waals surface area contributed by atoms with Crippen molar-refractivity contribution in [1.29, 1.82) is 0 Å². The summed E-state index contributed by atoms with van der Waals surface area (Å²) < 4.78 is 0. The van der Waals surface area contributed by atoms with E-state index < -0.39 is 0 Å². The molecule has 0 aliphatic carbocycles. The van der Waals surface area contributed by atoms with Crippen molar-refractivity contribution < 1.29 is 0 Å². The molecular weight excluding hydrogens is 230 g/mol. The lowest BCUT2D eigenvalue weighted by Gasteiger charge is -1.97. The van der Waals surface area contributed by atoms with Gasteiger partial charge in [-0.2, -0.15) is 5.10 Å². The predicted octanol–water partition coefficient (Wildman–Crippen LogP) is 4.01. The first kappa shape index (κ1) is 11.8. The fourth-order valence-corrected chi connectivity index (χ4v) is 1.95. The van der Waals surface area contributed by atoms with E-state index in [2.05, 4.69) is 34.6 Å². The molecule has 0 saturated carbocycles. The first-order valence-electron chi connectivity index (χ1n) is 5.59. The lowest BCUT2D eigenvalue weighted by atomic mass is 10.2. The zero-order valence-electron chi connectivity index (χ0n) is 9.97. The van der Waals surface area contributed by atoms with E-state index in [0.717, 1.165) is 28.5 Å². The van der Waals surface area contributed by atoms with Crippen LogP contribution >= 0.6 is 11.3 Å². The van der Waals surface area contributed by atoms with E-state index in [9.17, 15) is 0 Å². The standard InChI is InChI=1S/C13H15N3S/c1-3-10(2)15-16-13-14-12(9-17-13)11-7-5-4-6-8-11/h4-9H,3H2,1-2H3,(H,14,16)/b15-10+. The lowest BCUT2D eigenvalue weighted by molar-refractivity contribution is 1.20. The van der Waals surface area contributed by atoms with Crippen LogP contribution in [0.4, 0.5) is 5.13 Å². The highest BCUT2D eigenvalue weighted by Crippen LogP contribution is 2.24. The van der Waals surface area contributed by atoms with Crippen LogP contribution in [-0.4, -0.2) is 10.7 Å². The van der Waals surface area contributed by atoms with Crippen molar-refractivity contribution in [2.45, 2.75) is 20.3 Å². The van der Waals surface area contributed by atoms with Crippen LogP contribution in [-0.2, 0) is 0 Å². The molecule has 0 spiro atoms. The maximum absolute atomic E-state index is 4.49. The maximum atomic E-state index is 4.49. The first-order chi connectivity index (χ1) is 8.29. The van der Waals surface area contributed by atoms with Crippen molar-refractivity contribution >= 4 is 22.2 Å². The summed E-state index contributed by atoms with van der Waals surface area (Å²) in [5, 5.41) is 7.10. The Morgan fingerprint density at radius 3 is 2.82 bits per heavy atom. The van der Waals surface area contributed by atoms with Gasteiger partial charge >= 0.3 is 0 Å². The second-order valence-electron chi connectivity index (χ2n) is 3.72. The van der Waals surface area contributed by atoms with Gasteiger partial charge in [0, 0.05) is 16.7 Å². The number of nitrogens with zero attached hydrogens (tertiary/aromatic N) is 2. The van der Waals surface area contributed by atoms with Crippen molar-refractivity contribution in [3.8, 4) is 11.3 Å². The number of hydrazone groups is 1. The molecular formula is C13H15N3S. The normalized spacial score (nSPS) is 11.5. The zero-order chi connectivity index (χ0) is 12.1. The molecule has 2 rings (SSSR count). The average Bonchev–Trinajstić information content (AvgIpc) is 2.86. The Kier molecular flexibility index (Phi) is 3.88. The van der Waals surface area contributed by atoms with Gasteiger partial charge in [0.15, 0.2) is 0 Å². The summed E-state index contributed by atoms with van der Waals surface area (Å²) in [6, 6.07) is 10.1. The van der Waals surface area contributed by atoms with Crippen LogP contribution in [0.3, 0.4) is 0 Å². The zero-order valence-corrected chi connectivity index (χ0v) is 10.8. The molecule has 88 valence electrons. The van der Waals surface area contributed by atoms with E-state index >= 15 is 0 Å². The van der Waals surface area contributed by atoms with Gasteiger partial charge in [-0.25, -0.2) is 4.98 Å². The number of nitrogens with one attached hydrogen (secondary N) is 1. The predicted molar refractivity (Wildman–Crippen MR) is 74.6 cm³/mol. The summed E-state index contributed by atoms with van der Waals surface area (Å²) in [4.78, 5) is 4.49. The third-order valence-electron chi connectivity index (χ3n) is 2.43. The number of benzene rings is 1. The topological polar surface area (TPSA) is 37.3 Å². The highest BCUT2D eigenvalue weighted by Gasteiger charge is 2.02. The van der Waals surface area contributed by atoms with Crippen LogP contribution in [0, 0.1) is 0 Å². The largest absolute Gasteiger partial charge is 0.253 e. The number of rotatable bonds is 4. The SMILES string of the molecule is CC/C(C)=N/Nc1nc(-c2ccccc2)cs1. The van der Waals surface area contributed by atoms with E-state index in [4.69, 9.17) is 0 Å². The fraction of sp³-hybridized carbons (Fsp3) is 0.231. The Bertz CT molecular complexity index is 502. The van der Waals surface area contributed by atoms with Gasteiger partial charge in [-0.3, -0.25) is 5.43 Å². The fourth-order valence-electron chi connectivity index (χ4n) is 1.29. The second kappa shape index (κ2) is 5.59. The van der Waals surface area contributed by atoms with Crippen LogP contribution < -0.4 is 5.43 Å². The van der Waals surface area contributed by atoms with Gasteiger partial charge in [-0.15, -0.1) is 11.3 Å². The average molecular weight is 245 g/mol. The van der Waals surface area contributed by atoms with Gasteiger partial charge in [-0.05, 0) is 13.3 Å². The molecule has 3 nitrogen and oxygen atoms in total. The molecule has 0 atom stereocenters. The molecule has 0 aliphatic rings. The Hall–Kier alpha value is -1.68. The quantitative estimate of drug-likeness (QED) is 0.652. The molecule has 1 aromatic heterocycles. The van der Waals surface area contributed by atoms with Crippen LogP contribution in [0.25, 0.3) is 11.3 Å². The van der Waals surface area contributed by atoms with E-state index in [0.29, 0.717) is 0 Å². The highest BCUT2D eigenvalue weighted by molar-refractivity contribution is 7.14. The molecule has 0 aliphatic heterocycles. The third-order valence-corrected chi connectivity index (χ3v) is 3.17. The van der Waals surface area contributed by atoms with E-state index in [-0.39, 0.29) is 0 Å². The molecule has 0 fully saturated rings. The minimum absolute atomic E-state index is 0.830. The lowest BCUT2D eigenvalue weighted by Crippen LogP contribution is -1.95. The smallest absolute Gasteiger partial charge is 0.203 e. The van der Waals surface area contributed by atoms with E-state index in [1.54, 1.807) is 11.3 Å². The molecule has 0 saturated heterocycles. The monoisotopic (exact) mass is 245 g/mol. The summed E-state index contributed by atoms with van der Waals surface area (Å²) in [5.74, 6) is 0. The van der Waals surface area contributed by atoms with Crippen LogP contribution in [0.2, 0.25) is 0 Å². The third kappa shape index (κ3) is 3.14. The Morgan fingerprint density at radius 2 is 2.12 bits per heavy atom. The number of anilines is 1. The molecule has 2 aromatic rings. The molecule has 1 heterocycles. The summed E-state index contributed by atoms with van der Waals surface area (Å²) in [5.41, 5.74) is 6.17. The first-order valence-corrected chi connectivity index (χ1v) is 6.47. The van der Waals surface area contributed by atoms with Gasteiger partial charge < -0.3 is 0 Å². The van der Waals surface area contributed by atoms with Crippen LogP contribution in [0.15, 0.2) is 40.8 Å². The molecule has 0 amide bonds. The minimum atomic E-state index is 0.830. The van der Waals surface area contributed by atoms with Crippen molar-refractivity contribution in [1.82, 2.24) is 4.98 Å². The molecule has 4 heteroatoms. The molecule has 0 radical (unpaired) electrons. The molecule has 17 heavy (non-hydrogen) atoms. The van der Waals surface area contributed by atoms with Gasteiger partial charge in [0.2, 0.25) is 5.13 Å². The van der Waals surface area contributed by atoms with Crippen LogP contribution in [0.1, 0.15) is 20.3 Å². The Labute approximate surface area is 105 Å². The molecule has 0 bridgehead atoms. The second-order valence-corrected chi connectivity index (χ2v) is 4.57. The van der Waals surface area contributed by atoms with Gasteiger partial charge in [0.1, 0.15) is 0 Å². The summed E-state index contributed by atoms with van der Waals surface area (Å²) in [7, 11) is 0. The molecule has 1 aromatic carbocycles. The molecule has 1 N–H and O–H groups in total. The van der Waals surface area contributed by atoms with E-state index in [1.165, 1.54) is 0 Å².